The number of rotatable bonds is 13. The Labute approximate surface area is 125 Å². The van der Waals surface area contributed by atoms with Crippen LogP contribution >= 0.6 is 0 Å². The van der Waals surface area contributed by atoms with Crippen molar-refractivity contribution in [1.29, 1.82) is 0 Å². The lowest BCUT2D eigenvalue weighted by Crippen LogP contribution is -2.51. The molecule has 1 amide bonds. The van der Waals surface area contributed by atoms with Gasteiger partial charge in [-0.25, -0.2) is 4.79 Å². The molecule has 0 spiro atoms. The van der Waals surface area contributed by atoms with Crippen molar-refractivity contribution in [2.75, 3.05) is 32.8 Å². The van der Waals surface area contributed by atoms with Gasteiger partial charge in [-0.1, -0.05) is 40.0 Å². The van der Waals surface area contributed by atoms with Crippen LogP contribution in [0.15, 0.2) is 0 Å². The van der Waals surface area contributed by atoms with Gasteiger partial charge in [0.15, 0.2) is 0 Å². The second-order valence-electron chi connectivity index (χ2n) is 5.82. The molecule has 4 heteroatoms. The topological polar surface area (TPSA) is 52.3 Å². The first kappa shape index (κ1) is 19.2. The second-order valence-corrected chi connectivity index (χ2v) is 5.82. The van der Waals surface area contributed by atoms with Gasteiger partial charge < -0.3 is 15.0 Å². The lowest BCUT2D eigenvalue weighted by Gasteiger charge is -2.39. The fraction of sp³-hybridized carbons (Fsp3) is 0.938. The van der Waals surface area contributed by atoms with Gasteiger partial charge in [0.05, 0.1) is 32.8 Å². The Kier molecular flexibility index (Phi) is 11.5. The van der Waals surface area contributed by atoms with Crippen molar-refractivity contribution in [2.45, 2.75) is 65.7 Å². The number of amides is 1. The molecule has 0 aromatic rings. The second kappa shape index (κ2) is 12.0. The Morgan fingerprint density at radius 2 is 1.25 bits per heavy atom. The number of primary amides is 1. The van der Waals surface area contributed by atoms with Crippen LogP contribution in [0, 0.1) is 0 Å². The van der Waals surface area contributed by atoms with E-state index in [9.17, 15) is 4.79 Å². The van der Waals surface area contributed by atoms with E-state index in [1.54, 1.807) is 0 Å². The molecule has 120 valence electrons. The number of quaternary nitrogens is 1. The number of ether oxygens (including phenoxy) is 1. The van der Waals surface area contributed by atoms with Crippen LogP contribution in [0.5, 0.6) is 0 Å². The summed E-state index contributed by atoms with van der Waals surface area (Å²) in [6, 6.07) is 0. The molecule has 0 unspecified atom stereocenters. The third kappa shape index (κ3) is 9.18. The smallest absolute Gasteiger partial charge is 0.404 e. The van der Waals surface area contributed by atoms with Crippen molar-refractivity contribution < 1.29 is 14.0 Å². The van der Waals surface area contributed by atoms with Crippen LogP contribution in [0.3, 0.4) is 0 Å². The highest BCUT2D eigenvalue weighted by molar-refractivity contribution is 5.64. The predicted molar refractivity (Wildman–Crippen MR) is 84.6 cm³/mol. The first-order chi connectivity index (χ1) is 9.60. The Morgan fingerprint density at radius 3 is 1.60 bits per heavy atom. The van der Waals surface area contributed by atoms with Crippen LogP contribution < -0.4 is 5.73 Å². The molecular weight excluding hydrogens is 252 g/mol. The zero-order valence-corrected chi connectivity index (χ0v) is 13.8. The molecule has 0 aliphatic carbocycles. The average molecular weight is 287 g/mol. The summed E-state index contributed by atoms with van der Waals surface area (Å²) in [6.07, 6.45) is 7.85. The SMILES string of the molecule is CCCC[N+](CCCC)(CCCC)CCCOC(N)=O. The fourth-order valence-electron chi connectivity index (χ4n) is 2.72. The molecule has 0 aliphatic rings. The summed E-state index contributed by atoms with van der Waals surface area (Å²) in [4.78, 5) is 10.6. The van der Waals surface area contributed by atoms with Gasteiger partial charge in [-0.05, 0) is 19.3 Å². The van der Waals surface area contributed by atoms with Crippen molar-refractivity contribution in [3.05, 3.63) is 0 Å². The van der Waals surface area contributed by atoms with Gasteiger partial charge in [0.2, 0.25) is 0 Å². The average Bonchev–Trinajstić information content (AvgIpc) is 2.44. The molecule has 4 nitrogen and oxygen atoms in total. The molecule has 0 aliphatic heterocycles. The molecule has 0 aromatic carbocycles. The number of hydrogen-bond acceptors (Lipinski definition) is 2. The number of carbonyl (C=O) groups excluding carboxylic acids is 1. The zero-order chi connectivity index (χ0) is 15.3. The lowest BCUT2D eigenvalue weighted by molar-refractivity contribution is -0.929. The number of unbranched alkanes of at least 4 members (excludes halogenated alkanes) is 3. The van der Waals surface area contributed by atoms with Crippen LogP contribution in [0.4, 0.5) is 4.79 Å². The molecule has 0 saturated heterocycles. The lowest BCUT2D eigenvalue weighted by atomic mass is 10.1. The summed E-state index contributed by atoms with van der Waals surface area (Å²) in [5, 5.41) is 0. The van der Waals surface area contributed by atoms with E-state index in [0.717, 1.165) is 13.0 Å². The normalized spacial score (nSPS) is 11.6. The number of hydrogen-bond donors (Lipinski definition) is 1. The van der Waals surface area contributed by atoms with Gasteiger partial charge in [-0.15, -0.1) is 0 Å². The van der Waals surface area contributed by atoms with Crippen LogP contribution in [-0.2, 0) is 4.74 Å². The fourth-order valence-corrected chi connectivity index (χ4v) is 2.72. The van der Waals surface area contributed by atoms with E-state index >= 15 is 0 Å². The summed E-state index contributed by atoms with van der Waals surface area (Å²) < 4.78 is 6.07. The van der Waals surface area contributed by atoms with Gasteiger partial charge in [0, 0.05) is 6.42 Å². The maximum absolute atomic E-state index is 10.6. The van der Waals surface area contributed by atoms with E-state index in [-0.39, 0.29) is 0 Å². The molecule has 0 radical (unpaired) electrons. The standard InChI is InChI=1S/C16H34N2O2/c1-4-7-11-18(12-8-5-2,13-9-6-3)14-10-15-20-16(17)19/h4-15H2,1-3H3,(H-,17,19)/p+1. The van der Waals surface area contributed by atoms with Crippen molar-refractivity contribution in [2.24, 2.45) is 5.73 Å². The minimum Gasteiger partial charge on any atom is -0.449 e. The molecule has 0 bridgehead atoms. The highest BCUT2D eigenvalue weighted by Crippen LogP contribution is 2.16. The Bertz CT molecular complexity index is 223. The Morgan fingerprint density at radius 1 is 0.850 bits per heavy atom. The molecule has 0 aromatic heterocycles. The van der Waals surface area contributed by atoms with Gasteiger partial charge in [-0.2, -0.15) is 0 Å². The van der Waals surface area contributed by atoms with Crippen LogP contribution in [0.2, 0.25) is 0 Å². The Balaban J connectivity index is 4.44. The number of carbonyl (C=O) groups is 1. The van der Waals surface area contributed by atoms with E-state index < -0.39 is 6.09 Å². The van der Waals surface area contributed by atoms with E-state index in [1.165, 1.54) is 62.6 Å². The van der Waals surface area contributed by atoms with E-state index in [4.69, 9.17) is 10.5 Å². The number of nitrogens with zero attached hydrogens (tertiary/aromatic N) is 1. The number of nitrogens with two attached hydrogens (primary N) is 1. The minimum absolute atomic E-state index is 0.458. The summed E-state index contributed by atoms with van der Waals surface area (Å²) in [7, 11) is 0. The van der Waals surface area contributed by atoms with Crippen molar-refractivity contribution >= 4 is 6.09 Å². The molecule has 0 fully saturated rings. The van der Waals surface area contributed by atoms with E-state index in [1.807, 2.05) is 0 Å². The zero-order valence-electron chi connectivity index (χ0n) is 13.8. The quantitative estimate of drug-likeness (QED) is 0.415. The van der Waals surface area contributed by atoms with Crippen LogP contribution in [0.1, 0.15) is 65.7 Å². The van der Waals surface area contributed by atoms with E-state index in [2.05, 4.69) is 20.8 Å². The molecule has 0 heterocycles. The van der Waals surface area contributed by atoms with Crippen LogP contribution in [0.25, 0.3) is 0 Å². The largest absolute Gasteiger partial charge is 0.449 e. The van der Waals surface area contributed by atoms with Gasteiger partial charge in [0.1, 0.15) is 0 Å². The summed E-state index contributed by atoms with van der Waals surface area (Å²) in [5.74, 6) is 0. The van der Waals surface area contributed by atoms with Crippen molar-refractivity contribution in [3.8, 4) is 0 Å². The Hall–Kier alpha value is -0.770. The monoisotopic (exact) mass is 287 g/mol. The molecule has 0 atom stereocenters. The maximum Gasteiger partial charge on any atom is 0.404 e. The highest BCUT2D eigenvalue weighted by Gasteiger charge is 2.25. The maximum atomic E-state index is 10.6. The summed E-state index contributed by atoms with van der Waals surface area (Å²) >= 11 is 0. The molecular formula is C16H35N2O2+. The molecule has 0 saturated carbocycles. The van der Waals surface area contributed by atoms with Crippen LogP contribution in [-0.4, -0.2) is 43.4 Å². The third-order valence-electron chi connectivity index (χ3n) is 3.98. The van der Waals surface area contributed by atoms with Crippen molar-refractivity contribution in [1.82, 2.24) is 0 Å². The first-order valence-corrected chi connectivity index (χ1v) is 8.37. The summed E-state index contributed by atoms with van der Waals surface area (Å²) in [5.41, 5.74) is 5.02. The highest BCUT2D eigenvalue weighted by atomic mass is 16.5. The minimum atomic E-state index is -0.654. The summed E-state index contributed by atoms with van der Waals surface area (Å²) in [6.45, 7) is 12.1. The third-order valence-corrected chi connectivity index (χ3v) is 3.98. The van der Waals surface area contributed by atoms with E-state index in [0.29, 0.717) is 6.61 Å². The molecule has 2 N–H and O–H groups in total. The molecule has 20 heavy (non-hydrogen) atoms. The van der Waals surface area contributed by atoms with Gasteiger partial charge >= 0.3 is 6.09 Å². The molecule has 0 rings (SSSR count). The predicted octanol–water partition coefficient (Wildman–Crippen LogP) is 3.69. The first-order valence-electron chi connectivity index (χ1n) is 8.37. The van der Waals surface area contributed by atoms with Crippen molar-refractivity contribution in [3.63, 3.8) is 0 Å². The van der Waals surface area contributed by atoms with Gasteiger partial charge in [-0.3, -0.25) is 0 Å². The van der Waals surface area contributed by atoms with Gasteiger partial charge in [0.25, 0.3) is 0 Å².